The highest BCUT2D eigenvalue weighted by Gasteiger charge is 2.26. The zero-order valence-corrected chi connectivity index (χ0v) is 36.0. The van der Waals surface area contributed by atoms with Crippen LogP contribution in [0.2, 0.25) is 0 Å². The van der Waals surface area contributed by atoms with E-state index >= 15 is 0 Å². The van der Waals surface area contributed by atoms with Crippen molar-refractivity contribution < 1.29 is 104 Å². The van der Waals surface area contributed by atoms with Crippen LogP contribution in [-0.2, 0) is 76.3 Å². The molecule has 0 spiro atoms. The Bertz CT molecular complexity index is 2350. The second-order valence-electron chi connectivity index (χ2n) is 13.3. The molecule has 2 aromatic heterocycles. The fraction of sp³-hybridized carbons (Fsp3) is 0.366. The first kappa shape index (κ1) is 50.3. The van der Waals surface area contributed by atoms with Crippen molar-refractivity contribution in [2.45, 2.75) is 34.6 Å². The Morgan fingerprint density at radius 1 is 0.561 bits per heavy atom. The molecule has 4 aromatic rings. The van der Waals surface area contributed by atoms with Crippen molar-refractivity contribution in [1.82, 2.24) is 4.98 Å². The number of benzene rings is 2. The van der Waals surface area contributed by atoms with E-state index in [0.29, 0.717) is 10.9 Å². The summed E-state index contributed by atoms with van der Waals surface area (Å²) >= 11 is 0. The van der Waals surface area contributed by atoms with Gasteiger partial charge in [-0.05, 0) is 36.8 Å². The largest absolute Gasteiger partial charge is 0.488 e. The molecule has 0 fully saturated rings. The Kier molecular flexibility index (Phi) is 18.6. The van der Waals surface area contributed by atoms with Crippen molar-refractivity contribution >= 4 is 76.1 Å². The molecule has 2 aromatic carbocycles. The minimum Gasteiger partial charge on any atom is -0.488 e. The molecule has 0 unspecified atom stereocenters. The topological polar surface area (TPSA) is 312 Å². The lowest BCUT2D eigenvalue weighted by Gasteiger charge is -2.26. The maximum Gasteiger partial charge on any atom is 0.373 e. The molecule has 0 saturated heterocycles. The Hall–Kier alpha value is -8.38. The van der Waals surface area contributed by atoms with Crippen LogP contribution in [0.5, 0.6) is 11.5 Å². The van der Waals surface area contributed by atoms with Crippen LogP contribution >= 0.6 is 0 Å². The average Bonchev–Trinajstić information content (AvgIpc) is 3.89. The minimum absolute atomic E-state index is 0.00482. The standard InChI is InChI=1S/C41H43N3O22/c1-23-6-7-29(43(15-36(49)61-19-57-24(2)45)16-37(50)62-20-58-25(3)46)32(10-23)55-8-9-56-33-11-28-12-34(40-42-14-35(66-40)41(53)54)65-31(28)13-30(33)44(17-38(51)63-21-59-26(4)47)18-39(52)64-22-60-27(5)48/h6-7,10-14H,8-9,15-22H2,1-5H3,(H,53,54). The molecule has 2 heterocycles. The van der Waals surface area contributed by atoms with Crippen molar-refractivity contribution in [2.24, 2.45) is 0 Å². The summed E-state index contributed by atoms with van der Waals surface area (Å²) in [7, 11) is 0. The van der Waals surface area contributed by atoms with E-state index in [9.17, 15) is 48.3 Å². The van der Waals surface area contributed by atoms with Crippen LogP contribution in [-0.4, -0.2) is 130 Å². The molecule has 25 heteroatoms. The van der Waals surface area contributed by atoms with Gasteiger partial charge in [-0.15, -0.1) is 0 Å². The first-order chi connectivity index (χ1) is 31.4. The van der Waals surface area contributed by atoms with E-state index in [-0.39, 0.29) is 53.3 Å². The number of fused-ring (bicyclic) bond motifs is 1. The molecule has 0 atom stereocenters. The summed E-state index contributed by atoms with van der Waals surface area (Å²) in [4.78, 5) is 114. The SMILES string of the molecule is CC(=O)OCOC(=O)CN(CC(=O)OCOC(C)=O)c1ccc(C)cc1OCCOc1cc2cc(-c3ncc(C(=O)O)o3)oc2cc1N(CC(=O)OCOC(C)=O)CC(=O)OCOC(C)=O. The number of carbonyl (C=O) groups excluding carboxylic acids is 8. The molecule has 0 bridgehead atoms. The molecule has 0 aliphatic heterocycles. The molecule has 0 aliphatic carbocycles. The van der Waals surface area contributed by atoms with Gasteiger partial charge in [0.1, 0.15) is 56.5 Å². The number of anilines is 2. The number of oxazole rings is 1. The fourth-order valence-corrected chi connectivity index (χ4v) is 5.28. The predicted molar refractivity (Wildman–Crippen MR) is 216 cm³/mol. The molecule has 0 radical (unpaired) electrons. The van der Waals surface area contributed by atoms with Gasteiger partial charge in [0.05, 0.1) is 17.6 Å². The summed E-state index contributed by atoms with van der Waals surface area (Å²) in [5.74, 6) is -8.63. The van der Waals surface area contributed by atoms with E-state index < -0.39 is 113 Å². The summed E-state index contributed by atoms with van der Waals surface area (Å²) < 4.78 is 62.1. The van der Waals surface area contributed by atoms with E-state index in [0.717, 1.165) is 38.8 Å². The van der Waals surface area contributed by atoms with E-state index in [1.165, 1.54) is 23.1 Å². The molecule has 4 rings (SSSR count). The van der Waals surface area contributed by atoms with Crippen LogP contribution in [0.15, 0.2) is 51.4 Å². The molecule has 25 nitrogen and oxygen atoms in total. The van der Waals surface area contributed by atoms with Gasteiger partial charge in [0.15, 0.2) is 5.76 Å². The number of esters is 8. The highest BCUT2D eigenvalue weighted by Crippen LogP contribution is 2.38. The van der Waals surface area contributed by atoms with Gasteiger partial charge < -0.3 is 71.1 Å². The van der Waals surface area contributed by atoms with Gasteiger partial charge in [-0.3, -0.25) is 38.4 Å². The lowest BCUT2D eigenvalue weighted by Crippen LogP contribution is -2.37. The van der Waals surface area contributed by atoms with Crippen molar-refractivity contribution in [2.75, 3.05) is 76.4 Å². The monoisotopic (exact) mass is 929 g/mol. The number of nitrogens with zero attached hydrogens (tertiary/aromatic N) is 3. The number of aryl methyl sites for hydroxylation is 1. The third kappa shape index (κ3) is 16.4. The van der Waals surface area contributed by atoms with Gasteiger partial charge in [0.25, 0.3) is 5.89 Å². The van der Waals surface area contributed by atoms with E-state index in [2.05, 4.69) is 23.9 Å². The molecule has 0 amide bonds. The van der Waals surface area contributed by atoms with Gasteiger partial charge in [0, 0.05) is 39.1 Å². The maximum atomic E-state index is 13.0. The number of aromatic carboxylic acids is 1. The predicted octanol–water partition coefficient (Wildman–Crippen LogP) is 2.42. The number of hydrogen-bond acceptors (Lipinski definition) is 24. The summed E-state index contributed by atoms with van der Waals surface area (Å²) in [5, 5.41) is 9.66. The van der Waals surface area contributed by atoms with Crippen LogP contribution < -0.4 is 19.3 Å². The lowest BCUT2D eigenvalue weighted by molar-refractivity contribution is -0.167. The number of hydrogen-bond donors (Lipinski definition) is 1. The first-order valence-corrected chi connectivity index (χ1v) is 19.2. The van der Waals surface area contributed by atoms with Gasteiger partial charge in [-0.1, -0.05) is 6.07 Å². The van der Waals surface area contributed by atoms with Crippen LogP contribution in [0.4, 0.5) is 11.4 Å². The zero-order chi connectivity index (χ0) is 48.3. The normalized spacial score (nSPS) is 10.5. The number of furan rings is 1. The molecule has 354 valence electrons. The Morgan fingerprint density at radius 2 is 1.00 bits per heavy atom. The van der Waals surface area contributed by atoms with Crippen LogP contribution in [0, 0.1) is 6.92 Å². The van der Waals surface area contributed by atoms with E-state index in [4.69, 9.17) is 37.3 Å². The fourth-order valence-electron chi connectivity index (χ4n) is 5.28. The number of rotatable bonds is 25. The number of aromatic nitrogens is 1. The van der Waals surface area contributed by atoms with Crippen LogP contribution in [0.3, 0.4) is 0 Å². The summed E-state index contributed by atoms with van der Waals surface area (Å²) in [6.45, 7) is 0.196. The zero-order valence-electron chi connectivity index (χ0n) is 36.0. The molecule has 0 aliphatic rings. The minimum atomic E-state index is -1.38. The maximum absolute atomic E-state index is 13.0. The summed E-state index contributed by atoms with van der Waals surface area (Å²) in [6.07, 6.45) is 0.975. The summed E-state index contributed by atoms with van der Waals surface area (Å²) in [6, 6.07) is 9.05. The first-order valence-electron chi connectivity index (χ1n) is 19.2. The number of carboxylic acids is 1. The third-order valence-electron chi connectivity index (χ3n) is 8.13. The van der Waals surface area contributed by atoms with E-state index in [1.807, 2.05) is 0 Å². The molecule has 66 heavy (non-hydrogen) atoms. The van der Waals surface area contributed by atoms with Gasteiger partial charge >= 0.3 is 53.7 Å². The van der Waals surface area contributed by atoms with Crippen molar-refractivity contribution in [3.05, 3.63) is 53.9 Å². The smallest absolute Gasteiger partial charge is 0.373 e. The van der Waals surface area contributed by atoms with Gasteiger partial charge in [-0.25, -0.2) is 9.78 Å². The molecular formula is C41H43N3O22. The summed E-state index contributed by atoms with van der Waals surface area (Å²) in [5.41, 5.74) is 0.988. The van der Waals surface area contributed by atoms with Crippen LogP contribution in [0.25, 0.3) is 22.6 Å². The van der Waals surface area contributed by atoms with Gasteiger partial charge in [0.2, 0.25) is 32.9 Å². The Morgan fingerprint density at radius 3 is 1.42 bits per heavy atom. The number of ether oxygens (including phenoxy) is 10. The molecule has 1 N–H and O–H groups in total. The molecule has 0 saturated carbocycles. The Labute approximate surface area is 373 Å². The quantitative estimate of drug-likeness (QED) is 0.0432. The second-order valence-corrected chi connectivity index (χ2v) is 13.3. The van der Waals surface area contributed by atoms with E-state index in [1.54, 1.807) is 25.1 Å². The number of carbonyl (C=O) groups is 9. The Balaban J connectivity index is 1.66. The second kappa shape index (κ2) is 24.5. The average molecular weight is 930 g/mol. The number of carboxylic acid groups (broad SMARTS) is 1. The highest BCUT2D eigenvalue weighted by molar-refractivity contribution is 5.91. The van der Waals surface area contributed by atoms with Crippen molar-refractivity contribution in [3.63, 3.8) is 0 Å². The lowest BCUT2D eigenvalue weighted by atomic mass is 10.2. The van der Waals surface area contributed by atoms with Gasteiger partial charge in [-0.2, -0.15) is 0 Å². The van der Waals surface area contributed by atoms with Crippen LogP contribution in [0.1, 0.15) is 43.8 Å². The highest BCUT2D eigenvalue weighted by atomic mass is 16.7. The van der Waals surface area contributed by atoms with Crippen molar-refractivity contribution in [1.29, 1.82) is 0 Å². The third-order valence-corrected chi connectivity index (χ3v) is 8.13. The molecular weight excluding hydrogens is 886 g/mol. The van der Waals surface area contributed by atoms with Crippen molar-refractivity contribution in [3.8, 4) is 23.1 Å².